The normalized spacial score (nSPS) is 16.7. The predicted octanol–water partition coefficient (Wildman–Crippen LogP) is 2.94. The smallest absolute Gasteiger partial charge is 0.322 e. The Morgan fingerprint density at radius 2 is 2.26 bits per heavy atom. The van der Waals surface area contributed by atoms with E-state index in [4.69, 9.17) is 21.1 Å². The molecule has 3 rings (SSSR count). The third-order valence-electron chi connectivity index (χ3n) is 4.40. The quantitative estimate of drug-likeness (QED) is 0.821. The number of nitrogens with zero attached hydrogens (tertiary/aromatic N) is 2. The first kappa shape index (κ1) is 19.3. The van der Waals surface area contributed by atoms with E-state index in [-0.39, 0.29) is 12.1 Å². The van der Waals surface area contributed by atoms with Crippen LogP contribution < -0.4 is 20.1 Å². The molecule has 0 saturated carbocycles. The summed E-state index contributed by atoms with van der Waals surface area (Å²) in [7, 11) is 1.55. The number of ether oxygens (including phenoxy) is 2. The van der Waals surface area contributed by atoms with Crippen molar-refractivity contribution in [3.05, 3.63) is 47.2 Å². The minimum atomic E-state index is -0.186. The number of amides is 2. The Hall–Kier alpha value is -2.51. The molecule has 1 aliphatic heterocycles. The SMILES string of the molecule is COc1ccc(NC(=O)N2CCNCC2COc2cccnc2C)cc1Cl. The monoisotopic (exact) mass is 390 g/mol. The molecule has 8 heteroatoms. The summed E-state index contributed by atoms with van der Waals surface area (Å²) in [6, 6.07) is 8.59. The summed E-state index contributed by atoms with van der Waals surface area (Å²) in [4.78, 5) is 18.8. The van der Waals surface area contributed by atoms with Crippen LogP contribution in [0.4, 0.5) is 10.5 Å². The van der Waals surface area contributed by atoms with E-state index in [1.54, 1.807) is 36.4 Å². The number of piperazine rings is 1. The molecule has 7 nitrogen and oxygen atoms in total. The third-order valence-corrected chi connectivity index (χ3v) is 4.70. The van der Waals surface area contributed by atoms with Gasteiger partial charge in [0.2, 0.25) is 0 Å². The fraction of sp³-hybridized carbons (Fsp3) is 0.368. The van der Waals surface area contributed by atoms with Gasteiger partial charge in [-0.25, -0.2) is 4.79 Å². The predicted molar refractivity (Wildman–Crippen MR) is 105 cm³/mol. The van der Waals surface area contributed by atoms with E-state index < -0.39 is 0 Å². The zero-order valence-corrected chi connectivity index (χ0v) is 16.1. The van der Waals surface area contributed by atoms with Gasteiger partial charge in [0.1, 0.15) is 18.1 Å². The van der Waals surface area contributed by atoms with Crippen molar-refractivity contribution in [2.45, 2.75) is 13.0 Å². The summed E-state index contributed by atoms with van der Waals surface area (Å²) in [6.45, 7) is 4.27. The molecule has 2 heterocycles. The van der Waals surface area contributed by atoms with E-state index in [1.807, 2.05) is 19.1 Å². The summed E-state index contributed by atoms with van der Waals surface area (Å²) in [5, 5.41) is 6.65. The lowest BCUT2D eigenvalue weighted by Gasteiger charge is -2.36. The molecule has 2 aromatic rings. The highest BCUT2D eigenvalue weighted by atomic mass is 35.5. The van der Waals surface area contributed by atoms with Gasteiger partial charge < -0.3 is 25.0 Å². The standard InChI is InChI=1S/C19H23ClN4O3/c1-13-17(4-3-7-22-13)27-12-15-11-21-8-9-24(15)19(25)23-14-5-6-18(26-2)16(20)10-14/h3-7,10,15,21H,8-9,11-12H2,1-2H3,(H,23,25). The molecule has 0 bridgehead atoms. The van der Waals surface area contributed by atoms with Crippen LogP contribution in [0.2, 0.25) is 5.02 Å². The minimum absolute atomic E-state index is 0.0907. The minimum Gasteiger partial charge on any atom is -0.495 e. The summed E-state index contributed by atoms with van der Waals surface area (Å²) in [6.07, 6.45) is 1.73. The van der Waals surface area contributed by atoms with Crippen LogP contribution in [0, 0.1) is 6.92 Å². The van der Waals surface area contributed by atoms with Crippen molar-refractivity contribution >= 4 is 23.3 Å². The topological polar surface area (TPSA) is 75.7 Å². The molecule has 0 radical (unpaired) electrons. The van der Waals surface area contributed by atoms with Crippen molar-refractivity contribution in [1.29, 1.82) is 0 Å². The lowest BCUT2D eigenvalue weighted by Crippen LogP contribution is -2.57. The zero-order valence-electron chi connectivity index (χ0n) is 15.4. The number of hydrogen-bond acceptors (Lipinski definition) is 5. The molecule has 1 atom stereocenters. The lowest BCUT2D eigenvalue weighted by atomic mass is 10.2. The second-order valence-electron chi connectivity index (χ2n) is 6.23. The Morgan fingerprint density at radius 3 is 3.00 bits per heavy atom. The Morgan fingerprint density at radius 1 is 1.41 bits per heavy atom. The number of carbonyl (C=O) groups excluding carboxylic acids is 1. The average molecular weight is 391 g/mol. The van der Waals surface area contributed by atoms with E-state index in [0.717, 1.165) is 18.0 Å². The second kappa shape index (κ2) is 8.92. The Labute approximate surface area is 163 Å². The van der Waals surface area contributed by atoms with E-state index in [0.29, 0.717) is 36.2 Å². The maximum atomic E-state index is 12.8. The lowest BCUT2D eigenvalue weighted by molar-refractivity contribution is 0.132. The second-order valence-corrected chi connectivity index (χ2v) is 6.64. The Bertz CT molecular complexity index is 802. The molecule has 1 aliphatic rings. The fourth-order valence-corrected chi connectivity index (χ4v) is 3.18. The summed E-state index contributed by atoms with van der Waals surface area (Å²) < 4.78 is 11.0. The van der Waals surface area contributed by atoms with Gasteiger partial charge in [0.25, 0.3) is 0 Å². The van der Waals surface area contributed by atoms with Crippen molar-refractivity contribution in [1.82, 2.24) is 15.2 Å². The summed E-state index contributed by atoms with van der Waals surface area (Å²) in [5.41, 5.74) is 1.44. The highest BCUT2D eigenvalue weighted by molar-refractivity contribution is 6.32. The van der Waals surface area contributed by atoms with Gasteiger partial charge in [-0.15, -0.1) is 0 Å². The molecular formula is C19H23ClN4O3. The van der Waals surface area contributed by atoms with Gasteiger partial charge in [-0.3, -0.25) is 4.98 Å². The number of aromatic nitrogens is 1. The summed E-state index contributed by atoms with van der Waals surface area (Å²) in [5.74, 6) is 1.29. The van der Waals surface area contributed by atoms with Crippen LogP contribution in [0.1, 0.15) is 5.69 Å². The number of aryl methyl sites for hydroxylation is 1. The molecule has 1 aromatic carbocycles. The maximum Gasteiger partial charge on any atom is 0.322 e. The largest absolute Gasteiger partial charge is 0.495 e. The molecule has 1 unspecified atom stereocenters. The number of methoxy groups -OCH3 is 1. The van der Waals surface area contributed by atoms with Gasteiger partial charge in [0, 0.05) is 31.5 Å². The van der Waals surface area contributed by atoms with Crippen molar-refractivity contribution in [3.63, 3.8) is 0 Å². The molecule has 1 fully saturated rings. The number of anilines is 1. The van der Waals surface area contributed by atoms with Crippen molar-refractivity contribution in [3.8, 4) is 11.5 Å². The van der Waals surface area contributed by atoms with Crippen LogP contribution >= 0.6 is 11.6 Å². The number of rotatable bonds is 5. The van der Waals surface area contributed by atoms with E-state index in [9.17, 15) is 4.79 Å². The van der Waals surface area contributed by atoms with Crippen LogP contribution in [-0.2, 0) is 0 Å². The number of pyridine rings is 1. The van der Waals surface area contributed by atoms with Crippen LogP contribution in [0.5, 0.6) is 11.5 Å². The van der Waals surface area contributed by atoms with E-state index in [1.165, 1.54) is 0 Å². The number of hydrogen-bond donors (Lipinski definition) is 2. The van der Waals surface area contributed by atoms with Gasteiger partial charge in [-0.1, -0.05) is 11.6 Å². The van der Waals surface area contributed by atoms with Gasteiger partial charge in [-0.2, -0.15) is 0 Å². The molecule has 0 spiro atoms. The van der Waals surface area contributed by atoms with Crippen LogP contribution in [0.25, 0.3) is 0 Å². The van der Waals surface area contributed by atoms with Crippen molar-refractivity contribution < 1.29 is 14.3 Å². The number of carbonyl (C=O) groups is 1. The molecule has 1 saturated heterocycles. The summed E-state index contributed by atoms with van der Waals surface area (Å²) >= 11 is 6.13. The van der Waals surface area contributed by atoms with Gasteiger partial charge in [0.05, 0.1) is 23.9 Å². The van der Waals surface area contributed by atoms with E-state index in [2.05, 4.69) is 15.6 Å². The molecule has 144 valence electrons. The number of halogens is 1. The van der Waals surface area contributed by atoms with Crippen LogP contribution in [0.15, 0.2) is 36.5 Å². The molecule has 0 aliphatic carbocycles. The van der Waals surface area contributed by atoms with Gasteiger partial charge in [0.15, 0.2) is 0 Å². The first-order valence-corrected chi connectivity index (χ1v) is 9.12. The van der Waals surface area contributed by atoms with Crippen LogP contribution in [-0.4, -0.2) is 55.3 Å². The number of urea groups is 1. The van der Waals surface area contributed by atoms with Crippen molar-refractivity contribution in [2.75, 3.05) is 38.7 Å². The Balaban J connectivity index is 1.64. The van der Waals surface area contributed by atoms with Gasteiger partial charge in [-0.05, 0) is 37.3 Å². The highest BCUT2D eigenvalue weighted by Gasteiger charge is 2.27. The van der Waals surface area contributed by atoms with E-state index >= 15 is 0 Å². The Kier molecular flexibility index (Phi) is 6.36. The van der Waals surface area contributed by atoms with Crippen molar-refractivity contribution in [2.24, 2.45) is 0 Å². The fourth-order valence-electron chi connectivity index (χ4n) is 2.92. The molecule has 2 N–H and O–H groups in total. The number of benzene rings is 1. The zero-order chi connectivity index (χ0) is 19.2. The molecular weight excluding hydrogens is 368 g/mol. The maximum absolute atomic E-state index is 12.8. The molecule has 1 aromatic heterocycles. The third kappa shape index (κ3) is 4.81. The van der Waals surface area contributed by atoms with Gasteiger partial charge >= 0.3 is 6.03 Å². The molecule has 27 heavy (non-hydrogen) atoms. The van der Waals surface area contributed by atoms with Crippen LogP contribution in [0.3, 0.4) is 0 Å². The first-order chi connectivity index (χ1) is 13.1. The number of nitrogens with one attached hydrogen (secondary N) is 2. The molecule has 2 amide bonds. The first-order valence-electron chi connectivity index (χ1n) is 8.75. The highest BCUT2D eigenvalue weighted by Crippen LogP contribution is 2.27. The average Bonchev–Trinajstić information content (AvgIpc) is 2.68.